The summed E-state index contributed by atoms with van der Waals surface area (Å²) >= 11 is 3.04. The summed E-state index contributed by atoms with van der Waals surface area (Å²) in [6.45, 7) is 5.87. The lowest BCUT2D eigenvalue weighted by atomic mass is 10.2. The van der Waals surface area contributed by atoms with E-state index in [1.165, 1.54) is 22.1 Å². The van der Waals surface area contributed by atoms with E-state index in [1.54, 1.807) is 15.9 Å². The summed E-state index contributed by atoms with van der Waals surface area (Å²) in [6.07, 6.45) is 0.456. The predicted molar refractivity (Wildman–Crippen MR) is 147 cm³/mol. The van der Waals surface area contributed by atoms with E-state index in [0.29, 0.717) is 54.3 Å². The number of nitrogens with zero attached hydrogens (tertiary/aromatic N) is 5. The highest BCUT2D eigenvalue weighted by Gasteiger charge is 2.22. The van der Waals surface area contributed by atoms with Crippen LogP contribution >= 0.6 is 22.7 Å². The number of thiophene rings is 1. The molecule has 1 aliphatic heterocycles. The maximum absolute atomic E-state index is 13.3. The first-order chi connectivity index (χ1) is 18.0. The number of carbonyl (C=O) groups is 1. The van der Waals surface area contributed by atoms with Crippen LogP contribution < -0.4 is 11.1 Å². The molecule has 6 rings (SSSR count). The molecule has 9 nitrogen and oxygen atoms in total. The van der Waals surface area contributed by atoms with E-state index in [1.807, 2.05) is 53.6 Å². The molecular weight excluding hydrogens is 508 g/mol. The summed E-state index contributed by atoms with van der Waals surface area (Å²) in [5.74, 6) is 0.163. The van der Waals surface area contributed by atoms with Gasteiger partial charge in [0, 0.05) is 55.9 Å². The minimum Gasteiger partial charge on any atom is -0.340 e. The number of rotatable bonds is 6. The molecule has 1 fully saturated rings. The fraction of sp³-hybridized carbons (Fsp3) is 0.308. The maximum atomic E-state index is 13.3. The van der Waals surface area contributed by atoms with Gasteiger partial charge in [-0.3, -0.25) is 24.4 Å². The molecule has 1 saturated heterocycles. The predicted octanol–water partition coefficient (Wildman–Crippen LogP) is 2.85. The highest BCUT2D eigenvalue weighted by Crippen LogP contribution is 2.24. The third kappa shape index (κ3) is 4.54. The fourth-order valence-electron chi connectivity index (χ4n) is 4.91. The van der Waals surface area contributed by atoms with Crippen LogP contribution in [0.2, 0.25) is 0 Å². The molecule has 0 unspecified atom stereocenters. The molecule has 0 radical (unpaired) electrons. The van der Waals surface area contributed by atoms with Crippen molar-refractivity contribution in [1.82, 2.24) is 29.1 Å². The molecule has 190 valence electrons. The van der Waals surface area contributed by atoms with Crippen molar-refractivity contribution in [2.24, 2.45) is 0 Å². The van der Waals surface area contributed by atoms with E-state index in [9.17, 15) is 14.4 Å². The van der Waals surface area contributed by atoms with Gasteiger partial charge in [0.25, 0.3) is 11.1 Å². The summed E-state index contributed by atoms with van der Waals surface area (Å²) in [6, 6.07) is 13.2. The van der Waals surface area contributed by atoms with Gasteiger partial charge >= 0.3 is 0 Å². The Morgan fingerprint density at radius 1 is 1.05 bits per heavy atom. The Labute approximate surface area is 220 Å². The number of aryl methyl sites for hydroxylation is 1. The molecule has 11 heteroatoms. The van der Waals surface area contributed by atoms with E-state index in [4.69, 9.17) is 0 Å². The van der Waals surface area contributed by atoms with Crippen molar-refractivity contribution in [3.05, 3.63) is 79.1 Å². The Morgan fingerprint density at radius 3 is 2.62 bits per heavy atom. The minimum atomic E-state index is -0.210. The second kappa shape index (κ2) is 9.73. The van der Waals surface area contributed by atoms with Crippen LogP contribution in [0.15, 0.2) is 57.4 Å². The normalized spacial score (nSPS) is 14.7. The Hall–Kier alpha value is -3.54. The number of benzene rings is 1. The zero-order valence-electron chi connectivity index (χ0n) is 20.3. The quantitative estimate of drug-likeness (QED) is 0.362. The van der Waals surface area contributed by atoms with Gasteiger partial charge < -0.3 is 9.47 Å². The molecule has 0 aliphatic carbocycles. The van der Waals surface area contributed by atoms with Crippen LogP contribution in [-0.2, 0) is 17.8 Å². The summed E-state index contributed by atoms with van der Waals surface area (Å²) in [4.78, 5) is 48.7. The SMILES string of the molecule is Cc1c2c(=O)n(-c3nc4ccccc4s3)[nH]c2cc(=O)n1CCN1CCN(C(=O)Cc2cccs2)CC1. The number of nitrogens with one attached hydrogen (secondary N) is 1. The smallest absolute Gasteiger partial charge is 0.282 e. The molecule has 4 aromatic heterocycles. The molecule has 5 heterocycles. The number of thiazole rings is 1. The van der Waals surface area contributed by atoms with E-state index < -0.39 is 0 Å². The summed E-state index contributed by atoms with van der Waals surface area (Å²) < 4.78 is 4.10. The number of carbonyl (C=O) groups excluding carboxylic acids is 1. The Bertz CT molecular complexity index is 1670. The number of hydrogen-bond donors (Lipinski definition) is 1. The van der Waals surface area contributed by atoms with Crippen LogP contribution in [-0.4, -0.2) is 67.8 Å². The van der Waals surface area contributed by atoms with Crippen LogP contribution in [0.4, 0.5) is 0 Å². The highest BCUT2D eigenvalue weighted by atomic mass is 32.1. The Kier molecular flexibility index (Phi) is 6.27. The van der Waals surface area contributed by atoms with E-state index in [-0.39, 0.29) is 17.0 Å². The number of piperazine rings is 1. The molecule has 0 atom stereocenters. The van der Waals surface area contributed by atoms with Crippen LogP contribution in [0, 0.1) is 6.92 Å². The van der Waals surface area contributed by atoms with E-state index >= 15 is 0 Å². The Balaban J connectivity index is 1.17. The molecule has 0 spiro atoms. The first-order valence-electron chi connectivity index (χ1n) is 12.2. The molecule has 0 saturated carbocycles. The van der Waals surface area contributed by atoms with Crippen LogP contribution in [0.5, 0.6) is 0 Å². The van der Waals surface area contributed by atoms with Gasteiger partial charge in [-0.2, -0.15) is 4.68 Å². The summed E-state index contributed by atoms with van der Waals surface area (Å²) in [5, 5.41) is 6.12. The standard InChI is InChI=1S/C26H26N6O3S2/c1-17-24-20(28-32(25(24)35)26-27-19-6-2-3-7-21(19)37-26)16-23(34)31(17)13-10-29-8-11-30(12-9-29)22(33)15-18-5-4-14-36-18/h2-7,14,16,28H,8-13,15H2,1H3. The third-order valence-corrected chi connectivity index (χ3v) is 8.86. The molecule has 37 heavy (non-hydrogen) atoms. The first kappa shape index (κ1) is 23.8. The lowest BCUT2D eigenvalue weighted by Gasteiger charge is -2.35. The van der Waals surface area contributed by atoms with Gasteiger partial charge in [-0.05, 0) is 30.5 Å². The molecule has 0 bridgehead atoms. The number of amides is 1. The molecule has 1 aliphatic rings. The van der Waals surface area contributed by atoms with Gasteiger partial charge in [-0.25, -0.2) is 4.98 Å². The third-order valence-electron chi connectivity index (χ3n) is 6.96. The maximum Gasteiger partial charge on any atom is 0.282 e. The average Bonchev–Trinajstić information content (AvgIpc) is 3.63. The Morgan fingerprint density at radius 2 is 1.86 bits per heavy atom. The van der Waals surface area contributed by atoms with Crippen LogP contribution in [0.25, 0.3) is 26.3 Å². The second-order valence-corrected chi connectivity index (χ2v) is 11.2. The number of hydrogen-bond acceptors (Lipinski definition) is 7. The molecule has 1 N–H and O–H groups in total. The van der Waals surface area contributed by atoms with Crippen molar-refractivity contribution < 1.29 is 4.79 Å². The number of para-hydroxylation sites is 1. The number of fused-ring (bicyclic) bond motifs is 2. The highest BCUT2D eigenvalue weighted by molar-refractivity contribution is 7.20. The average molecular weight is 535 g/mol. The zero-order valence-corrected chi connectivity index (χ0v) is 22.0. The van der Waals surface area contributed by atoms with Crippen molar-refractivity contribution >= 4 is 49.7 Å². The monoisotopic (exact) mass is 534 g/mol. The van der Waals surface area contributed by atoms with E-state index in [0.717, 1.165) is 28.2 Å². The molecule has 1 amide bonds. The molecular formula is C26H26N6O3S2. The fourth-order valence-corrected chi connectivity index (χ4v) is 6.54. The number of pyridine rings is 1. The van der Waals surface area contributed by atoms with Crippen LogP contribution in [0.1, 0.15) is 10.6 Å². The van der Waals surface area contributed by atoms with Gasteiger partial charge in [0.15, 0.2) is 0 Å². The lowest BCUT2D eigenvalue weighted by Crippen LogP contribution is -2.50. The minimum absolute atomic E-state index is 0.146. The van der Waals surface area contributed by atoms with E-state index in [2.05, 4.69) is 15.0 Å². The largest absolute Gasteiger partial charge is 0.340 e. The first-order valence-corrected chi connectivity index (χ1v) is 13.9. The summed E-state index contributed by atoms with van der Waals surface area (Å²) in [7, 11) is 0. The van der Waals surface area contributed by atoms with Crippen LogP contribution in [0.3, 0.4) is 0 Å². The van der Waals surface area contributed by atoms with Gasteiger partial charge in [0.2, 0.25) is 11.0 Å². The number of aromatic amines is 1. The topological polar surface area (TPSA) is 96.2 Å². The van der Waals surface area contributed by atoms with Crippen molar-refractivity contribution in [3.8, 4) is 5.13 Å². The number of H-pyrrole nitrogens is 1. The van der Waals surface area contributed by atoms with Crippen molar-refractivity contribution in [2.75, 3.05) is 32.7 Å². The van der Waals surface area contributed by atoms with Gasteiger partial charge in [0.05, 0.1) is 27.5 Å². The molecule has 1 aromatic carbocycles. The second-order valence-electron chi connectivity index (χ2n) is 9.20. The zero-order chi connectivity index (χ0) is 25.5. The number of aromatic nitrogens is 4. The summed E-state index contributed by atoms with van der Waals surface area (Å²) in [5.41, 5.74) is 1.64. The molecule has 5 aromatic rings. The van der Waals surface area contributed by atoms with Gasteiger partial charge in [-0.1, -0.05) is 29.5 Å². The lowest BCUT2D eigenvalue weighted by molar-refractivity contribution is -0.132. The van der Waals surface area contributed by atoms with Crippen molar-refractivity contribution in [3.63, 3.8) is 0 Å². The van der Waals surface area contributed by atoms with Gasteiger partial charge in [-0.15, -0.1) is 11.3 Å². The van der Waals surface area contributed by atoms with Crippen molar-refractivity contribution in [1.29, 1.82) is 0 Å². The van der Waals surface area contributed by atoms with Crippen molar-refractivity contribution in [2.45, 2.75) is 19.9 Å². The van der Waals surface area contributed by atoms with Gasteiger partial charge in [0.1, 0.15) is 0 Å².